The van der Waals surface area contributed by atoms with Gasteiger partial charge in [0.25, 0.3) is 5.91 Å². The first-order valence-electron chi connectivity index (χ1n) is 9.98. The van der Waals surface area contributed by atoms with Crippen molar-refractivity contribution in [2.24, 2.45) is 11.8 Å². The maximum Gasteiger partial charge on any atom is 0.309 e. The van der Waals surface area contributed by atoms with Gasteiger partial charge in [0.05, 0.1) is 22.2 Å². The molecule has 3 rings (SSSR count). The summed E-state index contributed by atoms with van der Waals surface area (Å²) >= 11 is 0. The van der Waals surface area contributed by atoms with Crippen LogP contribution in [0.2, 0.25) is 0 Å². The molecule has 1 heterocycles. The molecule has 1 saturated heterocycles. The van der Waals surface area contributed by atoms with Crippen LogP contribution in [0.4, 0.5) is 11.4 Å². The van der Waals surface area contributed by atoms with Crippen molar-refractivity contribution in [2.75, 3.05) is 44.0 Å². The van der Waals surface area contributed by atoms with E-state index in [1.54, 1.807) is 31.1 Å². The second-order valence-corrected chi connectivity index (χ2v) is 9.95. The van der Waals surface area contributed by atoms with Crippen LogP contribution in [0.25, 0.3) is 0 Å². The molecule has 0 bridgehead atoms. The highest BCUT2D eigenvalue weighted by Crippen LogP contribution is 2.38. The van der Waals surface area contributed by atoms with Gasteiger partial charge in [0.2, 0.25) is 10.0 Å². The number of esters is 1. The number of nitrogens with zero attached hydrogens (tertiary/aromatic N) is 2. The highest BCUT2D eigenvalue weighted by Gasteiger charge is 2.40. The number of carbonyl (C=O) groups excluding carboxylic acids is 2. The third-order valence-corrected chi connectivity index (χ3v) is 7.33. The van der Waals surface area contributed by atoms with Gasteiger partial charge in [-0.1, -0.05) is 13.3 Å². The first kappa shape index (κ1) is 21.6. The lowest BCUT2D eigenvalue weighted by molar-refractivity contribution is -0.148. The van der Waals surface area contributed by atoms with E-state index in [2.05, 4.69) is 5.32 Å². The van der Waals surface area contributed by atoms with Crippen LogP contribution in [0.5, 0.6) is 0 Å². The average Bonchev–Trinajstić information content (AvgIpc) is 3.43. The molecule has 2 fully saturated rings. The number of anilines is 2. The fourth-order valence-electron chi connectivity index (χ4n) is 3.50. The molecule has 0 radical (unpaired) electrons. The Morgan fingerprint density at radius 1 is 1.21 bits per heavy atom. The zero-order valence-corrected chi connectivity index (χ0v) is 18.0. The van der Waals surface area contributed by atoms with Crippen LogP contribution in [0.3, 0.4) is 0 Å². The number of hydrogen-bond donors (Lipinski definition) is 1. The lowest BCUT2D eigenvalue weighted by Crippen LogP contribution is -2.35. The fourth-order valence-corrected chi connectivity index (χ4v) is 5.04. The van der Waals surface area contributed by atoms with Crippen molar-refractivity contribution in [3.05, 3.63) is 18.2 Å². The van der Waals surface area contributed by atoms with Gasteiger partial charge >= 0.3 is 5.97 Å². The lowest BCUT2D eigenvalue weighted by atomic mass is 10.2. The smallest absolute Gasteiger partial charge is 0.309 e. The average molecular weight is 424 g/mol. The molecule has 29 heavy (non-hydrogen) atoms. The Morgan fingerprint density at radius 2 is 1.86 bits per heavy atom. The molecule has 8 nitrogen and oxygen atoms in total. The van der Waals surface area contributed by atoms with E-state index < -0.39 is 22.5 Å². The molecular formula is C20H29N3O5S. The first-order valence-corrected chi connectivity index (χ1v) is 11.4. The van der Waals surface area contributed by atoms with E-state index in [4.69, 9.17) is 4.74 Å². The van der Waals surface area contributed by atoms with E-state index in [0.29, 0.717) is 30.4 Å². The van der Waals surface area contributed by atoms with Crippen molar-refractivity contribution >= 4 is 33.3 Å². The van der Waals surface area contributed by atoms with Crippen molar-refractivity contribution in [1.82, 2.24) is 4.31 Å². The highest BCUT2D eigenvalue weighted by molar-refractivity contribution is 7.89. The van der Waals surface area contributed by atoms with E-state index in [0.717, 1.165) is 25.7 Å². The van der Waals surface area contributed by atoms with E-state index >= 15 is 0 Å². The molecule has 1 amide bonds. The summed E-state index contributed by atoms with van der Waals surface area (Å²) in [6.45, 7) is 2.59. The predicted octanol–water partition coefficient (Wildman–Crippen LogP) is 2.06. The van der Waals surface area contributed by atoms with Crippen molar-refractivity contribution in [3.63, 3.8) is 0 Å². The summed E-state index contributed by atoms with van der Waals surface area (Å²) in [6.07, 6.45) is 3.53. The number of carbonyl (C=O) groups is 2. The number of amides is 1. The van der Waals surface area contributed by atoms with Crippen LogP contribution in [-0.2, 0) is 24.3 Å². The predicted molar refractivity (Wildman–Crippen MR) is 110 cm³/mol. The van der Waals surface area contributed by atoms with E-state index in [9.17, 15) is 18.0 Å². The van der Waals surface area contributed by atoms with Crippen molar-refractivity contribution in [1.29, 1.82) is 0 Å². The molecule has 1 N–H and O–H groups in total. The summed E-state index contributed by atoms with van der Waals surface area (Å²) in [5.74, 6) is -0.662. The Morgan fingerprint density at radius 3 is 2.45 bits per heavy atom. The van der Waals surface area contributed by atoms with Crippen molar-refractivity contribution < 1.29 is 22.7 Å². The summed E-state index contributed by atoms with van der Waals surface area (Å²) in [7, 11) is -0.0117. The highest BCUT2D eigenvalue weighted by atomic mass is 32.2. The van der Waals surface area contributed by atoms with E-state index in [1.165, 1.54) is 10.4 Å². The SMILES string of the molecule is C[C@@H]1C[C@H]1C(=O)OCC(=O)Nc1cc(S(=O)(=O)N2CCCCC2)ccc1N(C)C. The number of rotatable bonds is 7. The Kier molecular flexibility index (Phi) is 6.48. The second kappa shape index (κ2) is 8.71. The van der Waals surface area contributed by atoms with Gasteiger partial charge in [0.1, 0.15) is 0 Å². The van der Waals surface area contributed by atoms with Crippen molar-refractivity contribution in [2.45, 2.75) is 37.5 Å². The van der Waals surface area contributed by atoms with Gasteiger partial charge in [-0.05, 0) is 43.4 Å². The minimum Gasteiger partial charge on any atom is -0.455 e. The maximum atomic E-state index is 13.0. The van der Waals surface area contributed by atoms with Gasteiger partial charge in [-0.3, -0.25) is 9.59 Å². The second-order valence-electron chi connectivity index (χ2n) is 8.01. The molecular weight excluding hydrogens is 394 g/mol. The zero-order valence-electron chi connectivity index (χ0n) is 17.2. The Bertz CT molecular complexity index is 878. The standard InChI is InChI=1S/C20H29N3O5S/c1-14-11-16(14)20(25)28-13-19(24)21-17-12-15(7-8-18(17)22(2)3)29(26,27)23-9-5-4-6-10-23/h7-8,12,14,16H,4-6,9-11,13H2,1-3H3,(H,21,24)/t14-,16-/m1/s1. The Balaban J connectivity index is 1.74. The van der Waals surface area contributed by atoms with Crippen LogP contribution >= 0.6 is 0 Å². The van der Waals surface area contributed by atoms with Gasteiger partial charge in [0, 0.05) is 27.2 Å². The number of benzene rings is 1. The van der Waals surface area contributed by atoms with E-state index in [-0.39, 0.29) is 16.8 Å². The normalized spacial score (nSPS) is 22.0. The third kappa shape index (κ3) is 5.08. The number of sulfonamides is 1. The largest absolute Gasteiger partial charge is 0.455 e. The topological polar surface area (TPSA) is 96.0 Å². The van der Waals surface area contributed by atoms with Crippen LogP contribution < -0.4 is 10.2 Å². The summed E-state index contributed by atoms with van der Waals surface area (Å²) < 4.78 is 32.5. The van der Waals surface area contributed by atoms with E-state index in [1.807, 2.05) is 6.92 Å². The minimum atomic E-state index is -3.62. The lowest BCUT2D eigenvalue weighted by Gasteiger charge is -2.26. The minimum absolute atomic E-state index is 0.113. The van der Waals surface area contributed by atoms with Gasteiger partial charge in [-0.25, -0.2) is 8.42 Å². The van der Waals surface area contributed by atoms with Crippen LogP contribution in [0.1, 0.15) is 32.6 Å². The molecule has 1 aromatic carbocycles. The zero-order chi connectivity index (χ0) is 21.2. The summed E-state index contributed by atoms with van der Waals surface area (Å²) in [6, 6.07) is 4.70. The molecule has 1 aliphatic heterocycles. The van der Waals surface area contributed by atoms with Crippen LogP contribution in [0, 0.1) is 11.8 Å². The molecule has 1 aromatic rings. The molecule has 0 unspecified atom stereocenters. The molecule has 0 aromatic heterocycles. The number of ether oxygens (including phenoxy) is 1. The fraction of sp³-hybridized carbons (Fsp3) is 0.600. The van der Waals surface area contributed by atoms with Gasteiger partial charge < -0.3 is 15.0 Å². The monoisotopic (exact) mass is 423 g/mol. The Labute approximate surface area is 172 Å². The molecule has 1 aliphatic carbocycles. The van der Waals surface area contributed by atoms with Gasteiger partial charge in [0.15, 0.2) is 6.61 Å². The summed E-state index contributed by atoms with van der Waals surface area (Å²) in [5.41, 5.74) is 1.03. The molecule has 9 heteroatoms. The third-order valence-electron chi connectivity index (χ3n) is 5.43. The van der Waals surface area contributed by atoms with Gasteiger partial charge in [-0.2, -0.15) is 4.31 Å². The van der Waals surface area contributed by atoms with Crippen LogP contribution in [-0.4, -0.2) is 58.4 Å². The quantitative estimate of drug-likeness (QED) is 0.675. The molecule has 0 spiro atoms. The molecule has 2 aliphatic rings. The maximum absolute atomic E-state index is 13.0. The first-order chi connectivity index (χ1) is 13.7. The molecule has 1 saturated carbocycles. The molecule has 2 atom stereocenters. The number of hydrogen-bond acceptors (Lipinski definition) is 6. The summed E-state index contributed by atoms with van der Waals surface area (Å²) in [5, 5.41) is 2.69. The number of nitrogens with one attached hydrogen (secondary N) is 1. The Hall–Kier alpha value is -2.13. The molecule has 160 valence electrons. The number of piperidine rings is 1. The van der Waals surface area contributed by atoms with Gasteiger partial charge in [-0.15, -0.1) is 0 Å². The summed E-state index contributed by atoms with van der Waals surface area (Å²) in [4.78, 5) is 26.1. The van der Waals surface area contributed by atoms with Crippen LogP contribution in [0.15, 0.2) is 23.1 Å². The van der Waals surface area contributed by atoms with Crippen molar-refractivity contribution in [3.8, 4) is 0 Å².